The van der Waals surface area contributed by atoms with E-state index in [0.717, 1.165) is 23.1 Å². The molecule has 0 bridgehead atoms. The Morgan fingerprint density at radius 1 is 0.968 bits per heavy atom. The molecule has 9 heteroatoms. The molecular weight excluding hydrogens is 422 g/mol. The summed E-state index contributed by atoms with van der Waals surface area (Å²) in [6.45, 7) is 3.09. The van der Waals surface area contributed by atoms with Crippen LogP contribution in [0.4, 0.5) is 14.5 Å². The Morgan fingerprint density at radius 2 is 1.71 bits per heavy atom. The monoisotopic (exact) mass is 440 g/mol. The topological polar surface area (TPSA) is 68.2 Å². The molecule has 5 rings (SSSR count). The van der Waals surface area contributed by atoms with Crippen LogP contribution in [0.25, 0.3) is 34.2 Å². The van der Waals surface area contributed by atoms with Crippen molar-refractivity contribution in [3.63, 3.8) is 0 Å². The summed E-state index contributed by atoms with van der Waals surface area (Å²) in [5, 5.41) is 12.1. The van der Waals surface area contributed by atoms with Crippen LogP contribution in [0.3, 0.4) is 0 Å². The van der Waals surface area contributed by atoms with Gasteiger partial charge < -0.3 is 13.8 Å². The molecule has 0 unspecified atom stereocenters. The first kappa shape index (κ1) is 19.7. The summed E-state index contributed by atoms with van der Waals surface area (Å²) in [4.78, 5) is 1.85. The molecule has 0 atom stereocenters. The van der Waals surface area contributed by atoms with Crippen LogP contribution in [0.2, 0.25) is 0 Å². The third kappa shape index (κ3) is 3.69. The zero-order valence-electron chi connectivity index (χ0n) is 16.6. The Hall–Kier alpha value is -3.20. The third-order valence-electron chi connectivity index (χ3n) is 5.17. The van der Waals surface area contributed by atoms with Crippen molar-refractivity contribution in [1.29, 1.82) is 0 Å². The molecule has 0 radical (unpaired) electrons. The van der Waals surface area contributed by atoms with Gasteiger partial charge in [0, 0.05) is 36.2 Å². The van der Waals surface area contributed by atoms with Crippen LogP contribution in [0.1, 0.15) is 5.76 Å². The van der Waals surface area contributed by atoms with E-state index >= 15 is 0 Å². The highest BCUT2D eigenvalue weighted by Gasteiger charge is 2.25. The second kappa shape index (κ2) is 8.14. The number of nitrogens with zero attached hydrogens (tertiary/aromatic N) is 4. The predicted molar refractivity (Wildman–Crippen MR) is 115 cm³/mol. The molecule has 0 amide bonds. The van der Waals surface area contributed by atoms with Crippen molar-refractivity contribution >= 4 is 17.4 Å². The highest BCUT2D eigenvalue weighted by molar-refractivity contribution is 7.99. The van der Waals surface area contributed by atoms with Gasteiger partial charge in [-0.1, -0.05) is 35.5 Å². The van der Waals surface area contributed by atoms with Gasteiger partial charge in [0.2, 0.25) is 0 Å². The number of thioether (sulfide) groups is 1. The molecular formula is C22H18F2N4O2S. The molecule has 0 N–H and O–H groups in total. The summed E-state index contributed by atoms with van der Waals surface area (Å²) in [6.07, 6.45) is 0. The first-order chi connectivity index (χ1) is 15.1. The predicted octanol–water partition coefficient (Wildman–Crippen LogP) is 5.20. The first-order valence-electron chi connectivity index (χ1n) is 9.79. The van der Waals surface area contributed by atoms with E-state index in [1.807, 2.05) is 35.2 Å². The summed E-state index contributed by atoms with van der Waals surface area (Å²) in [6, 6.07) is 11.7. The lowest BCUT2D eigenvalue weighted by atomic mass is 10.1. The van der Waals surface area contributed by atoms with Crippen LogP contribution in [0.15, 0.2) is 51.4 Å². The number of hydrogen-bond donors (Lipinski definition) is 0. The Morgan fingerprint density at radius 3 is 2.48 bits per heavy atom. The van der Waals surface area contributed by atoms with Gasteiger partial charge in [-0.05, 0) is 13.0 Å². The summed E-state index contributed by atoms with van der Waals surface area (Å²) >= 11 is 1.80. The van der Waals surface area contributed by atoms with E-state index in [2.05, 4.69) is 15.4 Å². The van der Waals surface area contributed by atoms with Gasteiger partial charge in [0.25, 0.3) is 11.8 Å². The summed E-state index contributed by atoms with van der Waals surface area (Å²) in [5.74, 6) is 1.15. The number of halogens is 2. The summed E-state index contributed by atoms with van der Waals surface area (Å²) in [7, 11) is 0. The van der Waals surface area contributed by atoms with Gasteiger partial charge in [-0.3, -0.25) is 0 Å². The number of aromatic nitrogens is 3. The molecule has 4 aromatic rings. The number of hydrogen-bond acceptors (Lipinski definition) is 7. The van der Waals surface area contributed by atoms with Gasteiger partial charge in [0.1, 0.15) is 28.7 Å². The molecule has 2 aromatic carbocycles. The van der Waals surface area contributed by atoms with Gasteiger partial charge in [-0.2, -0.15) is 11.8 Å². The number of benzene rings is 2. The summed E-state index contributed by atoms with van der Waals surface area (Å²) in [5.41, 5.74) is 2.05. The molecule has 1 fully saturated rings. The summed E-state index contributed by atoms with van der Waals surface area (Å²) < 4.78 is 40.7. The maximum absolute atomic E-state index is 14.9. The van der Waals surface area contributed by atoms with Crippen molar-refractivity contribution in [1.82, 2.24) is 15.4 Å². The number of rotatable bonds is 4. The average molecular weight is 440 g/mol. The van der Waals surface area contributed by atoms with E-state index in [1.54, 1.807) is 18.7 Å². The quantitative estimate of drug-likeness (QED) is 0.432. The fourth-order valence-corrected chi connectivity index (χ4v) is 4.50. The molecule has 2 aromatic heterocycles. The molecule has 158 valence electrons. The van der Waals surface area contributed by atoms with E-state index < -0.39 is 11.6 Å². The minimum absolute atomic E-state index is 0.0817. The van der Waals surface area contributed by atoms with Crippen LogP contribution >= 0.6 is 11.8 Å². The maximum Gasteiger partial charge on any atom is 0.254 e. The highest BCUT2D eigenvalue weighted by Crippen LogP contribution is 2.36. The van der Waals surface area contributed by atoms with Gasteiger partial charge >= 0.3 is 0 Å². The van der Waals surface area contributed by atoms with Crippen molar-refractivity contribution in [2.45, 2.75) is 6.92 Å². The molecule has 0 saturated carbocycles. The fourth-order valence-electron chi connectivity index (χ4n) is 3.60. The zero-order valence-corrected chi connectivity index (χ0v) is 17.5. The van der Waals surface area contributed by atoms with Crippen LogP contribution in [0, 0.1) is 18.6 Å². The van der Waals surface area contributed by atoms with E-state index in [1.165, 1.54) is 6.07 Å². The maximum atomic E-state index is 14.9. The molecule has 6 nitrogen and oxygen atoms in total. The lowest BCUT2D eigenvalue weighted by molar-refractivity contribution is 0.399. The second-order valence-electron chi connectivity index (χ2n) is 7.12. The Kier molecular flexibility index (Phi) is 5.19. The average Bonchev–Trinajstić information content (AvgIpc) is 3.43. The molecule has 31 heavy (non-hydrogen) atoms. The molecule has 0 spiro atoms. The van der Waals surface area contributed by atoms with E-state index in [4.69, 9.17) is 8.94 Å². The first-order valence-corrected chi connectivity index (χ1v) is 10.9. The Bertz CT molecular complexity index is 1220. The minimum atomic E-state index is -0.616. The van der Waals surface area contributed by atoms with E-state index in [0.29, 0.717) is 30.1 Å². The highest BCUT2D eigenvalue weighted by atomic mass is 32.2. The van der Waals surface area contributed by atoms with Crippen LogP contribution in [0.5, 0.6) is 0 Å². The smallest absolute Gasteiger partial charge is 0.254 e. The van der Waals surface area contributed by atoms with Crippen molar-refractivity contribution in [3.8, 4) is 34.2 Å². The van der Waals surface area contributed by atoms with Crippen molar-refractivity contribution in [3.05, 3.63) is 59.9 Å². The minimum Gasteiger partial charge on any atom is -0.416 e. The van der Waals surface area contributed by atoms with Gasteiger partial charge in [0.05, 0.1) is 11.3 Å². The normalized spacial score (nSPS) is 14.2. The standard InChI is InChI=1S/C22H18F2N4O2S/c1-13-19(20(27-30-13)14-5-3-2-4-6-14)22-26-25-21(29-22)15-11-17(24)18(12-16(15)23)28-7-9-31-10-8-28/h2-6,11-12H,7-10H2,1H3. The molecule has 1 saturated heterocycles. The van der Waals surface area contributed by atoms with Gasteiger partial charge in [0.15, 0.2) is 0 Å². The van der Waals surface area contributed by atoms with Crippen LogP contribution < -0.4 is 4.90 Å². The number of aryl methyl sites for hydroxylation is 1. The van der Waals surface area contributed by atoms with Gasteiger partial charge in [-0.25, -0.2) is 8.78 Å². The second-order valence-corrected chi connectivity index (χ2v) is 8.35. The van der Waals surface area contributed by atoms with Crippen molar-refractivity contribution in [2.75, 3.05) is 29.5 Å². The van der Waals surface area contributed by atoms with Crippen LogP contribution in [-0.2, 0) is 0 Å². The lowest BCUT2D eigenvalue weighted by Gasteiger charge is -2.28. The molecule has 1 aliphatic heterocycles. The lowest BCUT2D eigenvalue weighted by Crippen LogP contribution is -2.33. The SMILES string of the molecule is Cc1onc(-c2ccccc2)c1-c1nnc(-c2cc(F)c(N3CCSCC3)cc2F)o1. The molecule has 3 heterocycles. The fraction of sp³-hybridized carbons (Fsp3) is 0.227. The molecule has 1 aliphatic rings. The largest absolute Gasteiger partial charge is 0.416 e. The zero-order chi connectivity index (χ0) is 21.4. The third-order valence-corrected chi connectivity index (χ3v) is 6.11. The van der Waals surface area contributed by atoms with E-state index in [-0.39, 0.29) is 23.0 Å². The van der Waals surface area contributed by atoms with Crippen LogP contribution in [-0.4, -0.2) is 39.9 Å². The van der Waals surface area contributed by atoms with E-state index in [9.17, 15) is 8.78 Å². The Labute approximate surface area is 181 Å². The Balaban J connectivity index is 1.51. The van der Waals surface area contributed by atoms with Crippen molar-refractivity contribution < 1.29 is 17.7 Å². The van der Waals surface area contributed by atoms with Gasteiger partial charge in [-0.15, -0.1) is 10.2 Å². The molecule has 0 aliphatic carbocycles. The van der Waals surface area contributed by atoms with Crippen molar-refractivity contribution in [2.24, 2.45) is 0 Å². The number of anilines is 1.